The zero-order valence-electron chi connectivity index (χ0n) is 11.7. The van der Waals surface area contributed by atoms with Gasteiger partial charge in [0.1, 0.15) is 0 Å². The molecule has 0 aliphatic carbocycles. The van der Waals surface area contributed by atoms with E-state index in [-0.39, 0.29) is 6.03 Å². The molecular formula is C15H20N2O3. The molecular weight excluding hydrogens is 256 g/mol. The van der Waals surface area contributed by atoms with E-state index in [1.165, 1.54) is 0 Å². The largest absolute Gasteiger partial charge is 0.388 e. The molecule has 5 heteroatoms. The van der Waals surface area contributed by atoms with E-state index >= 15 is 0 Å². The van der Waals surface area contributed by atoms with Crippen molar-refractivity contribution in [3.63, 3.8) is 0 Å². The van der Waals surface area contributed by atoms with Crippen LogP contribution in [0, 0.1) is 6.92 Å². The second-order valence-corrected chi connectivity index (χ2v) is 5.35. The highest BCUT2D eigenvalue weighted by Crippen LogP contribution is 2.36. The van der Waals surface area contributed by atoms with Crippen LogP contribution in [0.3, 0.4) is 0 Å². The van der Waals surface area contributed by atoms with Gasteiger partial charge >= 0.3 is 6.03 Å². The third kappa shape index (κ3) is 2.27. The topological polar surface area (TPSA) is 53.0 Å². The van der Waals surface area contributed by atoms with Crippen LogP contribution in [0.15, 0.2) is 18.2 Å². The van der Waals surface area contributed by atoms with Crippen LogP contribution in [0.2, 0.25) is 0 Å². The average molecular weight is 276 g/mol. The zero-order valence-corrected chi connectivity index (χ0v) is 11.7. The monoisotopic (exact) mass is 276 g/mol. The van der Waals surface area contributed by atoms with E-state index in [1.807, 2.05) is 34.9 Å². The van der Waals surface area contributed by atoms with E-state index in [2.05, 4.69) is 0 Å². The molecule has 5 nitrogen and oxygen atoms in total. The lowest BCUT2D eigenvalue weighted by Gasteiger charge is -2.38. The van der Waals surface area contributed by atoms with Crippen molar-refractivity contribution in [1.29, 1.82) is 0 Å². The second kappa shape index (κ2) is 5.42. The van der Waals surface area contributed by atoms with E-state index in [0.717, 1.165) is 16.8 Å². The number of aliphatic hydroxyl groups is 1. The number of fused-ring (bicyclic) bond motifs is 1. The van der Waals surface area contributed by atoms with E-state index in [1.54, 1.807) is 0 Å². The number of nitrogens with zero attached hydrogens (tertiary/aromatic N) is 2. The predicted octanol–water partition coefficient (Wildman–Crippen LogP) is 1.69. The first-order chi connectivity index (χ1) is 9.68. The zero-order chi connectivity index (χ0) is 14.1. The summed E-state index contributed by atoms with van der Waals surface area (Å²) in [7, 11) is 0. The van der Waals surface area contributed by atoms with Crippen molar-refractivity contribution in [1.82, 2.24) is 4.90 Å². The SMILES string of the molecule is Cc1cccc2c1N(C(=O)N1CCOCC1)CCC2O. The molecule has 2 aliphatic heterocycles. The highest BCUT2D eigenvalue weighted by molar-refractivity contribution is 5.94. The highest BCUT2D eigenvalue weighted by atomic mass is 16.5. The summed E-state index contributed by atoms with van der Waals surface area (Å²) in [6.45, 7) is 5.02. The fourth-order valence-corrected chi connectivity index (χ4v) is 2.95. The Bertz CT molecular complexity index is 512. The summed E-state index contributed by atoms with van der Waals surface area (Å²) < 4.78 is 5.30. The molecule has 1 aromatic rings. The molecule has 0 saturated carbocycles. The summed E-state index contributed by atoms with van der Waals surface area (Å²) in [5.74, 6) is 0. The molecule has 1 atom stereocenters. The van der Waals surface area contributed by atoms with Gasteiger partial charge in [0.25, 0.3) is 0 Å². The molecule has 2 amide bonds. The minimum absolute atomic E-state index is 0.0238. The van der Waals surface area contributed by atoms with Crippen molar-refractivity contribution in [2.24, 2.45) is 0 Å². The fourth-order valence-electron chi connectivity index (χ4n) is 2.95. The summed E-state index contributed by atoms with van der Waals surface area (Å²) in [6, 6.07) is 5.85. The molecule has 3 rings (SSSR count). The smallest absolute Gasteiger partial charge is 0.324 e. The van der Waals surface area contributed by atoms with Crippen LogP contribution in [0.25, 0.3) is 0 Å². The molecule has 1 aromatic carbocycles. The molecule has 1 unspecified atom stereocenters. The number of para-hydroxylation sites is 1. The number of benzene rings is 1. The standard InChI is InChI=1S/C15H20N2O3/c1-11-3-2-4-12-13(18)5-6-17(14(11)12)15(19)16-7-9-20-10-8-16/h2-4,13,18H,5-10H2,1H3. The van der Waals surface area contributed by atoms with Gasteiger partial charge in [-0.1, -0.05) is 18.2 Å². The second-order valence-electron chi connectivity index (χ2n) is 5.35. The highest BCUT2D eigenvalue weighted by Gasteiger charge is 2.31. The van der Waals surface area contributed by atoms with Crippen LogP contribution in [0.4, 0.5) is 10.5 Å². The Kier molecular flexibility index (Phi) is 3.63. The Morgan fingerprint density at radius 1 is 1.30 bits per heavy atom. The van der Waals surface area contributed by atoms with Gasteiger partial charge in [-0.25, -0.2) is 4.79 Å². The van der Waals surface area contributed by atoms with Crippen molar-refractivity contribution in [3.05, 3.63) is 29.3 Å². The number of hydrogen-bond acceptors (Lipinski definition) is 3. The summed E-state index contributed by atoms with van der Waals surface area (Å²) in [4.78, 5) is 16.3. The quantitative estimate of drug-likeness (QED) is 0.784. The number of carbonyl (C=O) groups is 1. The first-order valence-electron chi connectivity index (χ1n) is 7.10. The number of carbonyl (C=O) groups excluding carboxylic acids is 1. The van der Waals surface area contributed by atoms with Gasteiger partial charge in [0.15, 0.2) is 0 Å². The summed E-state index contributed by atoms with van der Waals surface area (Å²) in [5.41, 5.74) is 2.77. The average Bonchev–Trinajstić information content (AvgIpc) is 2.49. The van der Waals surface area contributed by atoms with Gasteiger partial charge in [-0.2, -0.15) is 0 Å². The summed E-state index contributed by atoms with van der Waals surface area (Å²) in [6.07, 6.45) is 0.116. The van der Waals surface area contributed by atoms with Crippen LogP contribution in [-0.4, -0.2) is 48.9 Å². The van der Waals surface area contributed by atoms with Crippen molar-refractivity contribution >= 4 is 11.7 Å². The van der Waals surface area contributed by atoms with Crippen molar-refractivity contribution in [2.45, 2.75) is 19.4 Å². The lowest BCUT2D eigenvalue weighted by atomic mass is 9.96. The van der Waals surface area contributed by atoms with Crippen molar-refractivity contribution in [3.8, 4) is 0 Å². The maximum atomic E-state index is 12.7. The Morgan fingerprint density at radius 2 is 2.05 bits per heavy atom. The molecule has 0 bridgehead atoms. The summed E-state index contributed by atoms with van der Waals surface area (Å²) in [5, 5.41) is 10.1. The van der Waals surface area contributed by atoms with E-state index in [4.69, 9.17) is 4.74 Å². The van der Waals surface area contributed by atoms with Gasteiger partial charge in [-0.3, -0.25) is 4.90 Å². The number of rotatable bonds is 0. The Hall–Kier alpha value is -1.59. The van der Waals surface area contributed by atoms with Crippen LogP contribution < -0.4 is 4.90 Å². The van der Waals surface area contributed by atoms with Gasteiger partial charge in [0, 0.05) is 25.2 Å². The van der Waals surface area contributed by atoms with Crippen LogP contribution in [0.1, 0.15) is 23.7 Å². The van der Waals surface area contributed by atoms with Crippen LogP contribution in [-0.2, 0) is 4.74 Å². The van der Waals surface area contributed by atoms with Gasteiger partial charge in [0.2, 0.25) is 0 Å². The predicted molar refractivity (Wildman–Crippen MR) is 75.9 cm³/mol. The minimum atomic E-state index is -0.473. The van der Waals surface area contributed by atoms with Crippen LogP contribution in [0.5, 0.6) is 0 Å². The molecule has 0 spiro atoms. The first-order valence-corrected chi connectivity index (χ1v) is 7.10. The Balaban J connectivity index is 1.92. The molecule has 2 aliphatic rings. The van der Waals surface area contributed by atoms with Crippen LogP contribution >= 0.6 is 0 Å². The molecule has 0 radical (unpaired) electrons. The minimum Gasteiger partial charge on any atom is -0.388 e. The number of morpholine rings is 1. The number of amides is 2. The number of hydrogen-bond donors (Lipinski definition) is 1. The van der Waals surface area contributed by atoms with Crippen molar-refractivity contribution in [2.75, 3.05) is 37.7 Å². The molecule has 0 aromatic heterocycles. The molecule has 2 heterocycles. The number of anilines is 1. The fraction of sp³-hybridized carbons (Fsp3) is 0.533. The maximum absolute atomic E-state index is 12.7. The molecule has 20 heavy (non-hydrogen) atoms. The van der Waals surface area contributed by atoms with Gasteiger partial charge in [0.05, 0.1) is 25.0 Å². The maximum Gasteiger partial charge on any atom is 0.324 e. The van der Waals surface area contributed by atoms with E-state index in [0.29, 0.717) is 39.3 Å². The molecule has 1 fully saturated rings. The van der Waals surface area contributed by atoms with E-state index in [9.17, 15) is 9.90 Å². The number of aliphatic hydroxyl groups excluding tert-OH is 1. The molecule has 1 N–H and O–H groups in total. The normalized spacial score (nSPS) is 22.6. The molecule has 108 valence electrons. The number of aryl methyl sites for hydroxylation is 1. The third-order valence-corrected chi connectivity index (χ3v) is 4.04. The lowest BCUT2D eigenvalue weighted by Crippen LogP contribution is -2.50. The third-order valence-electron chi connectivity index (χ3n) is 4.04. The number of ether oxygens (including phenoxy) is 1. The van der Waals surface area contributed by atoms with Crippen molar-refractivity contribution < 1.29 is 14.6 Å². The van der Waals surface area contributed by atoms with Gasteiger partial charge in [-0.15, -0.1) is 0 Å². The first kappa shape index (κ1) is 13.4. The lowest BCUT2D eigenvalue weighted by molar-refractivity contribution is 0.0544. The Morgan fingerprint density at radius 3 is 2.80 bits per heavy atom. The van der Waals surface area contributed by atoms with Gasteiger partial charge in [-0.05, 0) is 18.9 Å². The van der Waals surface area contributed by atoms with Gasteiger partial charge < -0.3 is 14.7 Å². The van der Waals surface area contributed by atoms with E-state index < -0.39 is 6.10 Å². The Labute approximate surface area is 118 Å². The number of urea groups is 1. The summed E-state index contributed by atoms with van der Waals surface area (Å²) >= 11 is 0. The molecule has 1 saturated heterocycles.